The lowest BCUT2D eigenvalue weighted by Gasteiger charge is -2.15. The minimum Gasteiger partial charge on any atom is -0.497 e. The van der Waals surface area contributed by atoms with Gasteiger partial charge < -0.3 is 28.7 Å². The number of aryl methyl sites for hydroxylation is 1. The first kappa shape index (κ1) is 25.6. The van der Waals surface area contributed by atoms with Crippen LogP contribution >= 0.6 is 0 Å². The normalized spacial score (nSPS) is 11.6. The molecule has 0 aliphatic carbocycles. The zero-order valence-corrected chi connectivity index (χ0v) is 20.4. The zero-order chi connectivity index (χ0) is 25.5. The first-order valence-electron chi connectivity index (χ1n) is 11.1. The van der Waals surface area contributed by atoms with E-state index in [9.17, 15) is 14.4 Å². The van der Waals surface area contributed by atoms with Crippen molar-refractivity contribution in [2.45, 2.75) is 39.3 Å². The quantitative estimate of drug-likeness (QED) is 0.345. The molecule has 1 unspecified atom stereocenters. The molecule has 2 aromatic carbocycles. The summed E-state index contributed by atoms with van der Waals surface area (Å²) in [5.41, 5.74) is 1.82. The van der Waals surface area contributed by atoms with Crippen LogP contribution in [0.15, 0.2) is 45.6 Å². The third-order valence-corrected chi connectivity index (χ3v) is 5.67. The number of rotatable bonds is 10. The largest absolute Gasteiger partial charge is 0.497 e. The standard InChI is InChI=1S/C26H29NO8/c1-15-19-8-7-18(31-3)13-22(19)35-26(30)20(15)9-11-24(28)34-16(2)25(29)27-14-17-6-10-21(32-4)23(12-17)33-5/h6-8,10,12-13,16H,9,11,14H2,1-5H3,(H,27,29). The number of nitrogens with one attached hydrogen (secondary N) is 1. The van der Waals surface area contributed by atoms with Crippen molar-refractivity contribution in [1.29, 1.82) is 0 Å². The van der Waals surface area contributed by atoms with Gasteiger partial charge in [0.05, 0.1) is 21.3 Å². The highest BCUT2D eigenvalue weighted by molar-refractivity contribution is 5.84. The molecule has 3 rings (SSSR count). The maximum atomic E-state index is 12.5. The Hall–Kier alpha value is -4.01. The van der Waals surface area contributed by atoms with E-state index in [2.05, 4.69) is 5.32 Å². The second-order valence-corrected chi connectivity index (χ2v) is 7.89. The molecule has 0 saturated heterocycles. The molecule has 0 fully saturated rings. The van der Waals surface area contributed by atoms with Crippen molar-refractivity contribution in [3.63, 3.8) is 0 Å². The van der Waals surface area contributed by atoms with Crippen molar-refractivity contribution in [3.05, 3.63) is 63.5 Å². The highest BCUT2D eigenvalue weighted by atomic mass is 16.5. The van der Waals surface area contributed by atoms with E-state index in [1.54, 1.807) is 50.4 Å². The van der Waals surface area contributed by atoms with Crippen LogP contribution in [0.4, 0.5) is 0 Å². The van der Waals surface area contributed by atoms with Crippen LogP contribution in [0.5, 0.6) is 17.2 Å². The van der Waals surface area contributed by atoms with E-state index in [0.29, 0.717) is 28.4 Å². The fourth-order valence-electron chi connectivity index (χ4n) is 3.65. The lowest BCUT2D eigenvalue weighted by Crippen LogP contribution is -2.35. The maximum absolute atomic E-state index is 12.5. The smallest absolute Gasteiger partial charge is 0.339 e. The monoisotopic (exact) mass is 483 g/mol. The molecule has 3 aromatic rings. The van der Waals surface area contributed by atoms with Gasteiger partial charge in [-0.3, -0.25) is 9.59 Å². The average molecular weight is 484 g/mol. The van der Waals surface area contributed by atoms with E-state index in [-0.39, 0.29) is 19.4 Å². The second kappa shape index (κ2) is 11.4. The van der Waals surface area contributed by atoms with E-state index in [0.717, 1.165) is 16.5 Å². The number of esters is 1. The number of fused-ring (bicyclic) bond motifs is 1. The highest BCUT2D eigenvalue weighted by Gasteiger charge is 2.19. The molecule has 0 aliphatic heterocycles. The third-order valence-electron chi connectivity index (χ3n) is 5.67. The summed E-state index contributed by atoms with van der Waals surface area (Å²) in [6.07, 6.45) is -0.931. The van der Waals surface area contributed by atoms with Crippen molar-refractivity contribution < 1.29 is 33.0 Å². The van der Waals surface area contributed by atoms with Gasteiger partial charge in [0.1, 0.15) is 11.3 Å². The number of ether oxygens (including phenoxy) is 4. The summed E-state index contributed by atoms with van der Waals surface area (Å²) in [6, 6.07) is 10.5. The SMILES string of the molecule is COc1ccc2c(C)c(CCC(=O)OC(C)C(=O)NCc3ccc(OC)c(OC)c3)c(=O)oc2c1. The van der Waals surface area contributed by atoms with E-state index < -0.39 is 23.6 Å². The molecule has 0 radical (unpaired) electrons. The average Bonchev–Trinajstić information content (AvgIpc) is 2.86. The van der Waals surface area contributed by atoms with Gasteiger partial charge in [0, 0.05) is 30.0 Å². The molecule has 1 atom stereocenters. The van der Waals surface area contributed by atoms with E-state index >= 15 is 0 Å². The lowest BCUT2D eigenvalue weighted by atomic mass is 10.0. The Morgan fingerprint density at radius 2 is 1.74 bits per heavy atom. The molecule has 0 spiro atoms. The summed E-state index contributed by atoms with van der Waals surface area (Å²) in [6.45, 7) is 3.52. The summed E-state index contributed by atoms with van der Waals surface area (Å²) in [5, 5.41) is 3.49. The Kier molecular flexibility index (Phi) is 8.35. The molecule has 186 valence electrons. The van der Waals surface area contributed by atoms with Crippen LogP contribution in [-0.4, -0.2) is 39.3 Å². The Bertz CT molecular complexity index is 1280. The number of carbonyl (C=O) groups is 2. The number of benzene rings is 2. The highest BCUT2D eigenvalue weighted by Crippen LogP contribution is 2.27. The van der Waals surface area contributed by atoms with Gasteiger partial charge >= 0.3 is 11.6 Å². The van der Waals surface area contributed by atoms with Gasteiger partial charge in [-0.15, -0.1) is 0 Å². The second-order valence-electron chi connectivity index (χ2n) is 7.89. The van der Waals surface area contributed by atoms with Crippen molar-refractivity contribution in [2.75, 3.05) is 21.3 Å². The molecule has 35 heavy (non-hydrogen) atoms. The molecule has 1 heterocycles. The number of methoxy groups -OCH3 is 3. The molecule has 0 saturated carbocycles. The molecule has 9 nitrogen and oxygen atoms in total. The molecule has 0 bridgehead atoms. The van der Waals surface area contributed by atoms with Crippen LogP contribution in [0.2, 0.25) is 0 Å². The predicted octanol–water partition coefficient (Wildman–Crippen LogP) is 3.31. The fourth-order valence-corrected chi connectivity index (χ4v) is 3.65. The van der Waals surface area contributed by atoms with Gasteiger partial charge in [0.15, 0.2) is 17.6 Å². The molecule has 9 heteroatoms. The van der Waals surface area contributed by atoms with E-state index in [4.69, 9.17) is 23.4 Å². The van der Waals surface area contributed by atoms with E-state index in [1.165, 1.54) is 21.1 Å². The first-order chi connectivity index (χ1) is 16.8. The van der Waals surface area contributed by atoms with Crippen LogP contribution in [-0.2, 0) is 27.3 Å². The molecule has 0 aliphatic rings. The Morgan fingerprint density at radius 1 is 1.00 bits per heavy atom. The van der Waals surface area contributed by atoms with Crippen molar-refractivity contribution >= 4 is 22.8 Å². The van der Waals surface area contributed by atoms with Crippen LogP contribution in [0.1, 0.15) is 30.0 Å². The van der Waals surface area contributed by atoms with Crippen LogP contribution < -0.4 is 25.2 Å². The number of carbonyl (C=O) groups excluding carboxylic acids is 2. The number of hydrogen-bond acceptors (Lipinski definition) is 8. The van der Waals surface area contributed by atoms with Crippen molar-refractivity contribution in [3.8, 4) is 17.2 Å². The van der Waals surface area contributed by atoms with Gasteiger partial charge in [-0.25, -0.2) is 4.79 Å². The van der Waals surface area contributed by atoms with Gasteiger partial charge in [-0.2, -0.15) is 0 Å². The summed E-state index contributed by atoms with van der Waals surface area (Å²) in [7, 11) is 4.60. The van der Waals surface area contributed by atoms with Crippen LogP contribution in [0.3, 0.4) is 0 Å². The maximum Gasteiger partial charge on any atom is 0.339 e. The summed E-state index contributed by atoms with van der Waals surface area (Å²) in [5.74, 6) is 0.678. The molecular weight excluding hydrogens is 454 g/mol. The van der Waals surface area contributed by atoms with Crippen LogP contribution in [0, 0.1) is 6.92 Å². The van der Waals surface area contributed by atoms with Gasteiger partial charge in [-0.05, 0) is 55.7 Å². The lowest BCUT2D eigenvalue weighted by molar-refractivity contribution is -0.154. The van der Waals surface area contributed by atoms with Crippen molar-refractivity contribution in [1.82, 2.24) is 5.32 Å². The topological polar surface area (TPSA) is 113 Å². The zero-order valence-electron chi connectivity index (χ0n) is 20.4. The molecule has 1 amide bonds. The van der Waals surface area contributed by atoms with Gasteiger partial charge in [0.25, 0.3) is 5.91 Å². The van der Waals surface area contributed by atoms with E-state index in [1.807, 2.05) is 0 Å². The first-order valence-corrected chi connectivity index (χ1v) is 11.1. The summed E-state index contributed by atoms with van der Waals surface area (Å²) in [4.78, 5) is 37.2. The summed E-state index contributed by atoms with van der Waals surface area (Å²) >= 11 is 0. The van der Waals surface area contributed by atoms with Crippen molar-refractivity contribution in [2.24, 2.45) is 0 Å². The minimum atomic E-state index is -0.996. The Labute approximate surface area is 202 Å². The molecular formula is C26H29NO8. The minimum absolute atomic E-state index is 0.0689. The number of amides is 1. The Balaban J connectivity index is 1.56. The van der Waals surface area contributed by atoms with Gasteiger partial charge in [-0.1, -0.05) is 6.07 Å². The number of hydrogen-bond donors (Lipinski definition) is 1. The van der Waals surface area contributed by atoms with Gasteiger partial charge in [0.2, 0.25) is 0 Å². The van der Waals surface area contributed by atoms with Crippen LogP contribution in [0.25, 0.3) is 11.0 Å². The predicted molar refractivity (Wildman–Crippen MR) is 129 cm³/mol. The third kappa shape index (κ3) is 6.11. The Morgan fingerprint density at radius 3 is 2.43 bits per heavy atom. The molecule has 1 N–H and O–H groups in total. The molecule has 1 aromatic heterocycles. The summed E-state index contributed by atoms with van der Waals surface area (Å²) < 4.78 is 26.3. The fraction of sp³-hybridized carbons (Fsp3) is 0.346.